The Hall–Kier alpha value is -2.37. The average molecular weight is 278 g/mol. The van der Waals surface area contributed by atoms with Crippen LogP contribution in [0.3, 0.4) is 0 Å². The van der Waals surface area contributed by atoms with Gasteiger partial charge in [0.25, 0.3) is 5.91 Å². The van der Waals surface area contributed by atoms with E-state index >= 15 is 0 Å². The van der Waals surface area contributed by atoms with Crippen molar-refractivity contribution in [2.45, 2.75) is 26.7 Å². The molecule has 0 saturated carbocycles. The van der Waals surface area contributed by atoms with E-state index in [9.17, 15) is 14.4 Å². The normalized spacial score (nSPS) is 9.90. The van der Waals surface area contributed by atoms with Gasteiger partial charge in [0.1, 0.15) is 0 Å². The maximum absolute atomic E-state index is 11.6. The lowest BCUT2D eigenvalue weighted by Crippen LogP contribution is -2.22. The number of carbonyl (C=O) groups is 3. The maximum atomic E-state index is 11.6. The number of amides is 2. The van der Waals surface area contributed by atoms with Crippen LogP contribution < -0.4 is 10.6 Å². The molecular weight excluding hydrogens is 260 g/mol. The van der Waals surface area contributed by atoms with E-state index in [-0.39, 0.29) is 24.7 Å². The monoisotopic (exact) mass is 278 g/mol. The van der Waals surface area contributed by atoms with Crippen molar-refractivity contribution in [3.8, 4) is 0 Å². The second-order valence-electron chi connectivity index (χ2n) is 4.33. The van der Waals surface area contributed by atoms with Gasteiger partial charge in [-0.2, -0.15) is 0 Å². The minimum Gasteiger partial charge on any atom is -0.481 e. The quantitative estimate of drug-likeness (QED) is 0.735. The predicted molar refractivity (Wildman–Crippen MR) is 74.7 cm³/mol. The molecule has 3 N–H and O–H groups in total. The first-order valence-electron chi connectivity index (χ1n) is 6.34. The molecule has 1 aromatic rings. The lowest BCUT2D eigenvalue weighted by molar-refractivity contribution is -0.138. The van der Waals surface area contributed by atoms with Gasteiger partial charge in [-0.15, -0.1) is 0 Å². The number of hydrogen-bond acceptors (Lipinski definition) is 3. The Balaban J connectivity index is 2.71. The van der Waals surface area contributed by atoms with Gasteiger partial charge >= 0.3 is 5.97 Å². The second-order valence-corrected chi connectivity index (χ2v) is 4.33. The zero-order valence-electron chi connectivity index (χ0n) is 11.5. The summed E-state index contributed by atoms with van der Waals surface area (Å²) in [6.07, 6.45) is -0.283. The van der Waals surface area contributed by atoms with Gasteiger partial charge in [-0.25, -0.2) is 0 Å². The second kappa shape index (κ2) is 7.28. The van der Waals surface area contributed by atoms with Gasteiger partial charge in [0.2, 0.25) is 5.91 Å². The van der Waals surface area contributed by atoms with Crippen LogP contribution in [0.25, 0.3) is 0 Å². The fraction of sp³-hybridized carbons (Fsp3) is 0.357. The number of carboxylic acids is 1. The zero-order valence-corrected chi connectivity index (χ0v) is 11.5. The number of anilines is 1. The van der Waals surface area contributed by atoms with E-state index in [2.05, 4.69) is 10.6 Å². The molecule has 0 atom stereocenters. The summed E-state index contributed by atoms with van der Waals surface area (Å²) in [5, 5.41) is 13.8. The van der Waals surface area contributed by atoms with Gasteiger partial charge in [0.15, 0.2) is 0 Å². The van der Waals surface area contributed by atoms with Crippen molar-refractivity contribution in [1.29, 1.82) is 0 Å². The minimum absolute atomic E-state index is 0.0765. The molecule has 0 saturated heterocycles. The van der Waals surface area contributed by atoms with Crippen molar-refractivity contribution in [3.05, 3.63) is 29.3 Å². The highest BCUT2D eigenvalue weighted by molar-refractivity contribution is 5.96. The molecule has 20 heavy (non-hydrogen) atoms. The smallest absolute Gasteiger partial charge is 0.303 e. The molecule has 2 amide bonds. The topological polar surface area (TPSA) is 95.5 Å². The minimum atomic E-state index is -1.01. The molecule has 0 heterocycles. The molecule has 0 unspecified atom stereocenters. The Morgan fingerprint density at radius 3 is 2.45 bits per heavy atom. The Kier molecular flexibility index (Phi) is 5.71. The first-order chi connectivity index (χ1) is 9.43. The number of carbonyl (C=O) groups excluding carboxylic acids is 2. The number of rotatable bonds is 6. The third-order valence-corrected chi connectivity index (χ3v) is 2.67. The molecule has 1 rings (SSSR count). The largest absolute Gasteiger partial charge is 0.481 e. The fourth-order valence-corrected chi connectivity index (χ4v) is 1.64. The third kappa shape index (κ3) is 4.72. The summed E-state index contributed by atoms with van der Waals surface area (Å²) in [5.41, 5.74) is 1.85. The summed E-state index contributed by atoms with van der Waals surface area (Å²) in [6.45, 7) is 4.16. The standard InChI is InChI=1S/C14H18N2O4/c1-3-15-14(20)10-4-5-11(9(2)8-10)16-12(17)6-7-13(18)19/h4-5,8H,3,6-7H2,1-2H3,(H,15,20)(H,16,17)(H,18,19). The number of aliphatic carboxylic acids is 1. The number of carboxylic acid groups (broad SMARTS) is 1. The molecule has 1 aromatic carbocycles. The van der Waals surface area contributed by atoms with E-state index in [1.54, 1.807) is 25.1 Å². The lowest BCUT2D eigenvalue weighted by Gasteiger charge is -2.10. The van der Waals surface area contributed by atoms with Gasteiger partial charge in [-0.05, 0) is 37.6 Å². The van der Waals surface area contributed by atoms with E-state index in [1.165, 1.54) is 0 Å². The Morgan fingerprint density at radius 1 is 1.20 bits per heavy atom. The molecule has 0 aliphatic heterocycles. The molecule has 108 valence electrons. The zero-order chi connectivity index (χ0) is 15.1. The van der Waals surface area contributed by atoms with Gasteiger partial charge in [-0.3, -0.25) is 14.4 Å². The number of aryl methyl sites for hydroxylation is 1. The van der Waals surface area contributed by atoms with Crippen LogP contribution in [0.4, 0.5) is 5.69 Å². The molecule has 6 heteroatoms. The average Bonchev–Trinajstić information content (AvgIpc) is 2.39. The maximum Gasteiger partial charge on any atom is 0.303 e. The number of hydrogen-bond donors (Lipinski definition) is 3. The predicted octanol–water partition coefficient (Wildman–Crippen LogP) is 1.55. The SMILES string of the molecule is CCNC(=O)c1ccc(NC(=O)CCC(=O)O)c(C)c1. The van der Waals surface area contributed by atoms with E-state index in [4.69, 9.17) is 5.11 Å². The van der Waals surface area contributed by atoms with E-state index in [0.29, 0.717) is 17.8 Å². The highest BCUT2D eigenvalue weighted by Gasteiger charge is 2.10. The molecular formula is C14H18N2O4. The molecule has 0 bridgehead atoms. The van der Waals surface area contributed by atoms with Crippen LogP contribution in [0.5, 0.6) is 0 Å². The first kappa shape index (κ1) is 15.7. The van der Waals surface area contributed by atoms with Gasteiger partial charge in [0, 0.05) is 24.2 Å². The summed E-state index contributed by atoms with van der Waals surface area (Å²) in [5.74, 6) is -1.54. The molecule has 0 spiro atoms. The Bertz CT molecular complexity index is 526. The Labute approximate surface area is 117 Å². The van der Waals surface area contributed by atoms with Crippen molar-refractivity contribution in [3.63, 3.8) is 0 Å². The molecule has 0 radical (unpaired) electrons. The first-order valence-corrected chi connectivity index (χ1v) is 6.34. The fourth-order valence-electron chi connectivity index (χ4n) is 1.64. The van der Waals surface area contributed by atoms with Crippen LogP contribution in [0.1, 0.15) is 35.7 Å². The van der Waals surface area contributed by atoms with Crippen molar-refractivity contribution in [2.24, 2.45) is 0 Å². The molecule has 0 aromatic heterocycles. The van der Waals surface area contributed by atoms with Gasteiger partial charge < -0.3 is 15.7 Å². The lowest BCUT2D eigenvalue weighted by atomic mass is 10.1. The van der Waals surface area contributed by atoms with Crippen LogP contribution in [0.2, 0.25) is 0 Å². The van der Waals surface area contributed by atoms with Gasteiger partial charge in [-0.1, -0.05) is 0 Å². The molecule has 0 aliphatic rings. The Morgan fingerprint density at radius 2 is 1.90 bits per heavy atom. The molecule has 0 aliphatic carbocycles. The van der Waals surface area contributed by atoms with E-state index < -0.39 is 5.97 Å². The van der Waals surface area contributed by atoms with Crippen LogP contribution in [-0.4, -0.2) is 29.4 Å². The van der Waals surface area contributed by atoms with Crippen LogP contribution in [0.15, 0.2) is 18.2 Å². The van der Waals surface area contributed by atoms with Crippen LogP contribution in [0, 0.1) is 6.92 Å². The van der Waals surface area contributed by atoms with Crippen LogP contribution >= 0.6 is 0 Å². The van der Waals surface area contributed by atoms with Crippen molar-refractivity contribution in [1.82, 2.24) is 5.32 Å². The van der Waals surface area contributed by atoms with E-state index in [1.807, 2.05) is 6.92 Å². The number of benzene rings is 1. The summed E-state index contributed by atoms with van der Waals surface area (Å²) in [4.78, 5) is 33.6. The van der Waals surface area contributed by atoms with Crippen LogP contribution in [-0.2, 0) is 9.59 Å². The molecule has 0 fully saturated rings. The van der Waals surface area contributed by atoms with Crippen molar-refractivity contribution in [2.75, 3.05) is 11.9 Å². The van der Waals surface area contributed by atoms with Crippen molar-refractivity contribution >= 4 is 23.5 Å². The third-order valence-electron chi connectivity index (χ3n) is 2.67. The highest BCUT2D eigenvalue weighted by Crippen LogP contribution is 2.17. The summed E-state index contributed by atoms with van der Waals surface area (Å²) >= 11 is 0. The number of nitrogens with one attached hydrogen (secondary N) is 2. The summed E-state index contributed by atoms with van der Waals surface area (Å²) in [7, 11) is 0. The summed E-state index contributed by atoms with van der Waals surface area (Å²) in [6, 6.07) is 4.93. The van der Waals surface area contributed by atoms with Crippen molar-refractivity contribution < 1.29 is 19.5 Å². The van der Waals surface area contributed by atoms with E-state index in [0.717, 1.165) is 5.56 Å². The summed E-state index contributed by atoms with van der Waals surface area (Å²) < 4.78 is 0. The van der Waals surface area contributed by atoms with Gasteiger partial charge in [0.05, 0.1) is 6.42 Å². The molecule has 6 nitrogen and oxygen atoms in total. The highest BCUT2D eigenvalue weighted by atomic mass is 16.4.